The Morgan fingerprint density at radius 3 is 2.36 bits per heavy atom. The number of hydrogen-bond donors (Lipinski definition) is 1. The van der Waals surface area contributed by atoms with E-state index in [0.717, 1.165) is 43.8 Å². The van der Waals surface area contributed by atoms with Crippen LogP contribution in [0.15, 0.2) is 72.1 Å². The molecule has 1 fully saturated rings. The van der Waals surface area contributed by atoms with Crippen molar-refractivity contribution in [3.63, 3.8) is 0 Å². The largest absolute Gasteiger partial charge is 0.416 e. The van der Waals surface area contributed by atoms with Crippen LogP contribution in [0, 0.1) is 5.92 Å². The zero-order valence-electron chi connectivity index (χ0n) is 21.5. The Labute approximate surface area is 225 Å². The molecule has 3 aromatic rings. The molecule has 1 saturated heterocycles. The molecule has 7 nitrogen and oxygen atoms in total. The van der Waals surface area contributed by atoms with Crippen LogP contribution in [-0.4, -0.2) is 41.3 Å². The zero-order valence-corrected chi connectivity index (χ0v) is 21.5. The van der Waals surface area contributed by atoms with Crippen LogP contribution in [0.5, 0.6) is 0 Å². The fourth-order valence-electron chi connectivity index (χ4n) is 4.11. The maximum Gasteiger partial charge on any atom is 0.416 e. The molecule has 0 spiro atoms. The average Bonchev–Trinajstić information content (AvgIpc) is 2.96. The molecule has 206 valence electrons. The summed E-state index contributed by atoms with van der Waals surface area (Å²) in [5.74, 6) is 0.976. The van der Waals surface area contributed by atoms with Crippen molar-refractivity contribution in [2.75, 3.05) is 19.8 Å². The number of benzene rings is 2. The summed E-state index contributed by atoms with van der Waals surface area (Å²) in [6.07, 6.45) is 1.99. The Morgan fingerprint density at radius 1 is 1.00 bits per heavy atom. The summed E-state index contributed by atoms with van der Waals surface area (Å²) in [5, 5.41) is 7.25. The first-order chi connectivity index (χ1) is 18.9. The smallest absolute Gasteiger partial charge is 0.391 e. The fraction of sp³-hybridized carbons (Fsp3) is 0.379. The van der Waals surface area contributed by atoms with E-state index < -0.39 is 11.7 Å². The maximum atomic E-state index is 12.8. The van der Waals surface area contributed by atoms with Crippen molar-refractivity contribution in [3.8, 4) is 0 Å². The molecule has 1 aliphatic rings. The first-order valence-electron chi connectivity index (χ1n) is 12.9. The minimum atomic E-state index is -4.39. The SMILES string of the molecule is O=C(CCc1ncc(C(Cc2ccccc2)=NOCc2ccc(C(F)(F)F)cc2)cn1)NCC1CCOCC1. The third-order valence-corrected chi connectivity index (χ3v) is 6.44. The number of aromatic nitrogens is 2. The lowest BCUT2D eigenvalue weighted by Gasteiger charge is -2.22. The van der Waals surface area contributed by atoms with E-state index in [1.807, 2.05) is 30.3 Å². The van der Waals surface area contributed by atoms with Gasteiger partial charge >= 0.3 is 6.18 Å². The minimum absolute atomic E-state index is 0.0123. The highest BCUT2D eigenvalue weighted by Crippen LogP contribution is 2.29. The van der Waals surface area contributed by atoms with Gasteiger partial charge in [-0.15, -0.1) is 0 Å². The van der Waals surface area contributed by atoms with Gasteiger partial charge in [-0.25, -0.2) is 9.97 Å². The van der Waals surface area contributed by atoms with Gasteiger partial charge in [0.1, 0.15) is 12.4 Å². The number of halogens is 3. The first kappa shape index (κ1) is 28.2. The fourth-order valence-corrected chi connectivity index (χ4v) is 4.11. The summed E-state index contributed by atoms with van der Waals surface area (Å²) >= 11 is 0. The number of aryl methyl sites for hydroxylation is 1. The van der Waals surface area contributed by atoms with Crippen LogP contribution >= 0.6 is 0 Å². The van der Waals surface area contributed by atoms with Crippen LogP contribution in [0.25, 0.3) is 0 Å². The number of carbonyl (C=O) groups is 1. The summed E-state index contributed by atoms with van der Waals surface area (Å²) < 4.78 is 43.8. The van der Waals surface area contributed by atoms with Crippen LogP contribution < -0.4 is 5.32 Å². The van der Waals surface area contributed by atoms with Crippen LogP contribution in [0.4, 0.5) is 13.2 Å². The Hall–Kier alpha value is -3.79. The number of hydrogen-bond acceptors (Lipinski definition) is 6. The van der Waals surface area contributed by atoms with E-state index in [1.54, 1.807) is 12.4 Å². The van der Waals surface area contributed by atoms with Crippen molar-refractivity contribution in [2.24, 2.45) is 11.1 Å². The zero-order chi connectivity index (χ0) is 27.5. The number of amides is 1. The minimum Gasteiger partial charge on any atom is -0.391 e. The number of alkyl halides is 3. The molecule has 0 aliphatic carbocycles. The highest BCUT2D eigenvalue weighted by Gasteiger charge is 2.29. The summed E-state index contributed by atoms with van der Waals surface area (Å²) in [5.41, 5.74) is 2.08. The van der Waals surface area contributed by atoms with Gasteiger partial charge in [0.15, 0.2) is 0 Å². The van der Waals surface area contributed by atoms with Gasteiger partial charge in [-0.3, -0.25) is 4.79 Å². The van der Waals surface area contributed by atoms with Crippen molar-refractivity contribution in [3.05, 3.63) is 95.1 Å². The Morgan fingerprint density at radius 2 is 1.69 bits per heavy atom. The van der Waals surface area contributed by atoms with Crippen molar-refractivity contribution in [2.45, 2.75) is 44.9 Å². The summed E-state index contributed by atoms with van der Waals surface area (Å²) in [6, 6.07) is 14.4. The number of oxime groups is 1. The van der Waals surface area contributed by atoms with Gasteiger partial charge in [-0.1, -0.05) is 47.6 Å². The van der Waals surface area contributed by atoms with Crippen molar-refractivity contribution >= 4 is 11.6 Å². The van der Waals surface area contributed by atoms with Gasteiger partial charge in [0.05, 0.1) is 11.3 Å². The number of rotatable bonds is 11. The maximum absolute atomic E-state index is 12.8. The monoisotopic (exact) mass is 540 g/mol. The normalized spacial score (nSPS) is 14.7. The molecule has 2 heterocycles. The second-order valence-electron chi connectivity index (χ2n) is 9.42. The molecule has 2 aromatic carbocycles. The van der Waals surface area contributed by atoms with Gasteiger partial charge in [-0.05, 0) is 42.0 Å². The standard InChI is InChI=1S/C29H31F3N4O3/c30-29(31,32)25-8-6-23(7-9-25)20-39-36-26(16-21-4-2-1-3-5-21)24-18-33-27(34-19-24)10-11-28(37)35-17-22-12-14-38-15-13-22/h1-9,18-19,22H,10-17,20H2,(H,35,37). The van der Waals surface area contributed by atoms with Crippen LogP contribution in [-0.2, 0) is 40.0 Å². The van der Waals surface area contributed by atoms with E-state index in [-0.39, 0.29) is 12.5 Å². The van der Waals surface area contributed by atoms with E-state index in [1.165, 1.54) is 12.1 Å². The lowest BCUT2D eigenvalue weighted by molar-refractivity contribution is -0.137. The molecular formula is C29H31F3N4O3. The Kier molecular flexibility index (Phi) is 10.0. The third kappa shape index (κ3) is 9.17. The predicted molar refractivity (Wildman–Crippen MR) is 140 cm³/mol. The van der Waals surface area contributed by atoms with Crippen molar-refractivity contribution in [1.82, 2.24) is 15.3 Å². The molecule has 39 heavy (non-hydrogen) atoms. The molecule has 0 bridgehead atoms. The van der Waals surface area contributed by atoms with Crippen molar-refractivity contribution in [1.29, 1.82) is 0 Å². The summed E-state index contributed by atoms with van der Waals surface area (Å²) in [6.45, 7) is 2.17. The molecule has 1 amide bonds. The number of nitrogens with zero attached hydrogens (tertiary/aromatic N) is 3. The molecule has 1 N–H and O–H groups in total. The Bertz CT molecular complexity index is 1210. The number of nitrogens with one attached hydrogen (secondary N) is 1. The van der Waals surface area contributed by atoms with E-state index in [9.17, 15) is 18.0 Å². The van der Waals surface area contributed by atoms with Gasteiger partial charge in [-0.2, -0.15) is 13.2 Å². The van der Waals surface area contributed by atoms with Crippen LogP contribution in [0.3, 0.4) is 0 Å². The molecule has 4 rings (SSSR count). The van der Waals surface area contributed by atoms with E-state index in [0.29, 0.717) is 54.4 Å². The average molecular weight is 541 g/mol. The van der Waals surface area contributed by atoms with E-state index in [4.69, 9.17) is 9.57 Å². The Balaban J connectivity index is 1.35. The van der Waals surface area contributed by atoms with E-state index in [2.05, 4.69) is 20.4 Å². The molecule has 0 saturated carbocycles. The topological polar surface area (TPSA) is 85.7 Å². The summed E-state index contributed by atoms with van der Waals surface area (Å²) in [7, 11) is 0. The third-order valence-electron chi connectivity index (χ3n) is 6.44. The second kappa shape index (κ2) is 13.8. The first-order valence-corrected chi connectivity index (χ1v) is 12.9. The lowest BCUT2D eigenvalue weighted by Crippen LogP contribution is -2.32. The molecule has 0 unspecified atom stereocenters. The van der Waals surface area contributed by atoms with Crippen LogP contribution in [0.1, 0.15) is 47.3 Å². The predicted octanol–water partition coefficient (Wildman–Crippen LogP) is 5.13. The lowest BCUT2D eigenvalue weighted by atomic mass is 10.0. The molecule has 10 heteroatoms. The van der Waals surface area contributed by atoms with Gasteiger partial charge in [0.2, 0.25) is 5.91 Å². The van der Waals surface area contributed by atoms with Crippen molar-refractivity contribution < 1.29 is 27.5 Å². The van der Waals surface area contributed by atoms with Gasteiger partial charge in [0.25, 0.3) is 0 Å². The molecule has 0 radical (unpaired) electrons. The summed E-state index contributed by atoms with van der Waals surface area (Å²) in [4.78, 5) is 26.6. The molecule has 1 aromatic heterocycles. The van der Waals surface area contributed by atoms with Gasteiger partial charge < -0.3 is 14.9 Å². The number of ether oxygens (including phenoxy) is 1. The van der Waals surface area contributed by atoms with E-state index >= 15 is 0 Å². The molecule has 1 aliphatic heterocycles. The van der Waals surface area contributed by atoms with Gasteiger partial charge in [0, 0.05) is 57.0 Å². The second-order valence-corrected chi connectivity index (χ2v) is 9.42. The molecule has 0 atom stereocenters. The molecular weight excluding hydrogens is 509 g/mol. The highest BCUT2D eigenvalue weighted by molar-refractivity contribution is 6.01. The quantitative estimate of drug-likeness (QED) is 0.269. The highest BCUT2D eigenvalue weighted by atomic mass is 19.4. The number of carbonyl (C=O) groups excluding carboxylic acids is 1. The van der Waals surface area contributed by atoms with Crippen LogP contribution in [0.2, 0.25) is 0 Å².